The molecule has 1 saturated carbocycles. The van der Waals surface area contributed by atoms with Gasteiger partial charge in [0.1, 0.15) is 0 Å². The van der Waals surface area contributed by atoms with E-state index in [0.29, 0.717) is 54.5 Å². The summed E-state index contributed by atoms with van der Waals surface area (Å²) >= 11 is 13.8. The highest BCUT2D eigenvalue weighted by molar-refractivity contribution is 6.40. The highest BCUT2D eigenvalue weighted by atomic mass is 35.5. The van der Waals surface area contributed by atoms with Gasteiger partial charge in [0.2, 0.25) is 0 Å². The molecule has 4 aromatic rings. The minimum Gasteiger partial charge on any atom is -0.481 e. The van der Waals surface area contributed by atoms with Crippen molar-refractivity contribution in [2.75, 3.05) is 37.0 Å². The number of carbonyl (C=O) groups excluding carboxylic acids is 2. The maximum Gasteiger partial charge on any atom is 0.306 e. The summed E-state index contributed by atoms with van der Waals surface area (Å²) in [6.07, 6.45) is 4.73. The zero-order valence-electron chi connectivity index (χ0n) is 29.2. The lowest BCUT2D eigenvalue weighted by molar-refractivity contribution is -0.143. The van der Waals surface area contributed by atoms with Gasteiger partial charge in [0, 0.05) is 82.2 Å². The van der Waals surface area contributed by atoms with Gasteiger partial charge >= 0.3 is 5.97 Å². The number of halogens is 2. The second kappa shape index (κ2) is 15.0. The summed E-state index contributed by atoms with van der Waals surface area (Å²) in [6, 6.07) is 10.6. The summed E-state index contributed by atoms with van der Waals surface area (Å²) in [7, 11) is 3.66. The van der Waals surface area contributed by atoms with E-state index in [1.165, 1.54) is 0 Å². The lowest BCUT2D eigenvalue weighted by atomic mass is 9.81. The summed E-state index contributed by atoms with van der Waals surface area (Å²) in [4.78, 5) is 51.9. The normalized spacial score (nSPS) is 19.2. The van der Waals surface area contributed by atoms with E-state index in [2.05, 4.69) is 20.5 Å². The molecule has 274 valence electrons. The molecule has 52 heavy (non-hydrogen) atoms. The molecule has 2 aromatic heterocycles. The van der Waals surface area contributed by atoms with E-state index in [0.717, 1.165) is 68.0 Å². The molecule has 0 atom stereocenters. The number of nitrogens with one attached hydrogen (secondary N) is 2. The number of fused-ring (bicyclic) bond motifs is 2. The van der Waals surface area contributed by atoms with Crippen LogP contribution in [-0.2, 0) is 44.8 Å². The largest absolute Gasteiger partial charge is 0.481 e. The molecule has 15 heteroatoms. The second-order valence-corrected chi connectivity index (χ2v) is 14.8. The van der Waals surface area contributed by atoms with E-state index in [9.17, 15) is 24.6 Å². The van der Waals surface area contributed by atoms with E-state index < -0.39 is 11.9 Å². The van der Waals surface area contributed by atoms with E-state index in [1.54, 1.807) is 48.0 Å². The van der Waals surface area contributed by atoms with Crippen LogP contribution in [0.4, 0.5) is 11.4 Å². The van der Waals surface area contributed by atoms with Crippen molar-refractivity contribution < 1.29 is 24.6 Å². The number of aliphatic hydroxyl groups is 1. The number of imidazole rings is 2. The quantitative estimate of drug-likeness (QED) is 0.181. The fraction of sp³-hybridized carbons (Fsp3) is 0.432. The molecule has 1 aliphatic carbocycles. The Bertz CT molecular complexity index is 2040. The lowest BCUT2D eigenvalue weighted by Crippen LogP contribution is -2.36. The number of carbonyl (C=O) groups is 3. The van der Waals surface area contributed by atoms with Gasteiger partial charge in [-0.25, -0.2) is 9.97 Å². The molecule has 1 fully saturated rings. The predicted molar refractivity (Wildman–Crippen MR) is 197 cm³/mol. The van der Waals surface area contributed by atoms with Crippen molar-refractivity contribution in [3.05, 3.63) is 80.9 Å². The smallest absolute Gasteiger partial charge is 0.306 e. The average Bonchev–Trinajstić information content (AvgIpc) is 3.65. The van der Waals surface area contributed by atoms with Gasteiger partial charge in [-0.3, -0.25) is 24.2 Å². The molecule has 7 rings (SSSR count). The maximum absolute atomic E-state index is 13.6. The van der Waals surface area contributed by atoms with Crippen LogP contribution < -0.4 is 10.6 Å². The number of aromatic nitrogens is 4. The zero-order valence-corrected chi connectivity index (χ0v) is 30.7. The number of nitrogens with zero attached hydrogens (tertiary/aromatic N) is 6. The lowest BCUT2D eigenvalue weighted by Gasteiger charge is -2.33. The molecular formula is C37H42Cl2N8O5. The fourth-order valence-corrected chi connectivity index (χ4v) is 8.38. The van der Waals surface area contributed by atoms with E-state index >= 15 is 0 Å². The van der Waals surface area contributed by atoms with Crippen LogP contribution in [-0.4, -0.2) is 83.3 Å². The molecule has 4 N–H and O–H groups in total. The van der Waals surface area contributed by atoms with Crippen LogP contribution >= 0.6 is 23.2 Å². The predicted octanol–water partition coefficient (Wildman–Crippen LogP) is 5.19. The van der Waals surface area contributed by atoms with Crippen molar-refractivity contribution in [3.63, 3.8) is 0 Å². The molecule has 2 aliphatic heterocycles. The van der Waals surface area contributed by atoms with Crippen molar-refractivity contribution in [1.82, 2.24) is 28.9 Å². The van der Waals surface area contributed by atoms with E-state index in [1.807, 2.05) is 16.5 Å². The molecule has 4 heterocycles. The number of anilines is 2. The monoisotopic (exact) mass is 748 g/mol. The third-order valence-corrected chi connectivity index (χ3v) is 11.6. The first-order valence-electron chi connectivity index (χ1n) is 17.6. The number of aliphatic carboxylic acids is 1. The van der Waals surface area contributed by atoms with Crippen LogP contribution in [0.5, 0.6) is 0 Å². The third kappa shape index (κ3) is 7.07. The summed E-state index contributed by atoms with van der Waals surface area (Å²) in [5, 5.41) is 25.3. The third-order valence-electron chi connectivity index (χ3n) is 10.8. The number of carboxylic acid groups (broad SMARTS) is 1. The van der Waals surface area contributed by atoms with Crippen LogP contribution in [0.2, 0.25) is 10.0 Å². The number of hydrogen-bond donors (Lipinski definition) is 4. The SMILES string of the molecule is Cn1c(C(=O)Nc2cccc(-c3cccc(NC(=O)c4nc5c(n4C)CCN(CC4CCC(C(=O)O)CC4)C5)c3Cl)c2Cl)nc2c1CCN(CO)C2. The van der Waals surface area contributed by atoms with Crippen molar-refractivity contribution in [2.24, 2.45) is 25.9 Å². The summed E-state index contributed by atoms with van der Waals surface area (Å²) in [5.41, 5.74) is 5.55. The molecule has 2 aromatic carbocycles. The fourth-order valence-electron chi connectivity index (χ4n) is 7.83. The van der Waals surface area contributed by atoms with Gasteiger partial charge in [-0.1, -0.05) is 47.5 Å². The van der Waals surface area contributed by atoms with Crippen molar-refractivity contribution >= 4 is 52.4 Å². The van der Waals surface area contributed by atoms with Gasteiger partial charge in [0.25, 0.3) is 11.8 Å². The first-order valence-corrected chi connectivity index (χ1v) is 18.3. The standard InChI is InChI=1S/C37H42Cl2N8O5/c1-44-29-13-15-46(17-21-9-11-22(12-10-21)37(51)52)18-27(29)40-33(44)35(49)42-25-7-3-5-23(31(25)38)24-6-4-8-26(32(24)39)43-36(50)34-41-28-19-47(20-48)16-14-30(28)45(34)2/h3-8,21-22,48H,9-20H2,1-2H3,(H,42,49)(H,43,50)(H,51,52). The maximum atomic E-state index is 13.6. The second-order valence-electron chi connectivity index (χ2n) is 14.0. The Morgan fingerprint density at radius 1 is 0.769 bits per heavy atom. The number of aliphatic hydroxyl groups excluding tert-OH is 1. The first-order chi connectivity index (χ1) is 25.0. The summed E-state index contributed by atoms with van der Waals surface area (Å²) in [6.45, 7) is 3.47. The van der Waals surface area contributed by atoms with E-state index in [-0.39, 0.29) is 40.2 Å². The van der Waals surface area contributed by atoms with Crippen molar-refractivity contribution in [2.45, 2.75) is 51.6 Å². The van der Waals surface area contributed by atoms with Gasteiger partial charge in [-0.05, 0) is 43.7 Å². The number of hydrogen-bond acceptors (Lipinski definition) is 8. The number of carboxylic acids is 1. The van der Waals surface area contributed by atoms with Crippen LogP contribution in [0.15, 0.2) is 36.4 Å². The van der Waals surface area contributed by atoms with Gasteiger partial charge in [-0.15, -0.1) is 0 Å². The van der Waals surface area contributed by atoms with Gasteiger partial charge in [-0.2, -0.15) is 0 Å². The minimum atomic E-state index is -0.690. The minimum absolute atomic E-state index is 0.0708. The summed E-state index contributed by atoms with van der Waals surface area (Å²) < 4.78 is 3.63. The molecule has 2 amide bonds. The highest BCUT2D eigenvalue weighted by Crippen LogP contribution is 2.40. The average molecular weight is 750 g/mol. The Balaban J connectivity index is 1.04. The van der Waals surface area contributed by atoms with Crippen molar-refractivity contribution in [1.29, 1.82) is 0 Å². The molecule has 0 radical (unpaired) electrons. The van der Waals surface area contributed by atoms with E-state index in [4.69, 9.17) is 28.2 Å². The van der Waals surface area contributed by atoms with Crippen LogP contribution in [0.3, 0.4) is 0 Å². The van der Waals surface area contributed by atoms with Crippen molar-refractivity contribution in [3.8, 4) is 11.1 Å². The van der Waals surface area contributed by atoms with Gasteiger partial charge in [0.05, 0.1) is 45.5 Å². The molecule has 0 spiro atoms. The molecule has 13 nitrogen and oxygen atoms in total. The molecule has 0 unspecified atom stereocenters. The van der Waals surface area contributed by atoms with Gasteiger partial charge < -0.3 is 30.0 Å². The van der Waals surface area contributed by atoms with Gasteiger partial charge in [0.15, 0.2) is 11.6 Å². The Labute approximate surface area is 311 Å². The molecular weight excluding hydrogens is 707 g/mol. The molecule has 0 saturated heterocycles. The van der Waals surface area contributed by atoms with Crippen LogP contribution in [0.25, 0.3) is 11.1 Å². The van der Waals surface area contributed by atoms with Crippen LogP contribution in [0, 0.1) is 11.8 Å². The summed E-state index contributed by atoms with van der Waals surface area (Å²) in [5.74, 6) is -0.715. The first kappa shape index (κ1) is 36.1. The number of benzene rings is 2. The topological polar surface area (TPSA) is 158 Å². The highest BCUT2D eigenvalue weighted by Gasteiger charge is 2.31. The molecule has 3 aliphatic rings. The zero-order chi connectivity index (χ0) is 36.7. The Kier molecular flexibility index (Phi) is 10.4. The Morgan fingerprint density at radius 3 is 1.73 bits per heavy atom. The molecule has 0 bridgehead atoms. The number of rotatable bonds is 9. The Morgan fingerprint density at radius 2 is 1.25 bits per heavy atom. The van der Waals surface area contributed by atoms with Crippen LogP contribution in [0.1, 0.15) is 69.7 Å². The number of amides is 2. The Hall–Kier alpha value is -4.27.